The summed E-state index contributed by atoms with van der Waals surface area (Å²) >= 11 is 0.604. The van der Waals surface area contributed by atoms with Crippen LogP contribution in [-0.4, -0.2) is 42.7 Å². The van der Waals surface area contributed by atoms with Gasteiger partial charge in [0.05, 0.1) is 24.8 Å². The minimum absolute atomic E-state index is 0.0309. The summed E-state index contributed by atoms with van der Waals surface area (Å²) in [5, 5.41) is 1.29. The number of hydrogen-bond acceptors (Lipinski definition) is 6. The fraction of sp³-hybridized carbons (Fsp3) is 0.150. The van der Waals surface area contributed by atoms with E-state index in [9.17, 15) is 27.6 Å². The summed E-state index contributed by atoms with van der Waals surface area (Å²) in [4.78, 5) is 37.7. The number of rotatable bonds is 6. The van der Waals surface area contributed by atoms with Crippen LogP contribution in [0.4, 0.5) is 23.7 Å². The van der Waals surface area contributed by atoms with Crippen LogP contribution in [0.3, 0.4) is 0 Å². The molecule has 0 atom stereocenters. The van der Waals surface area contributed by atoms with Crippen molar-refractivity contribution in [2.45, 2.75) is 0 Å². The number of carbonyl (C=O) groups excluding carboxylic acids is 3. The number of nitrogens with one attached hydrogen (secondary N) is 1. The molecule has 2 aromatic carbocycles. The number of hydrogen-bond donors (Lipinski definition) is 1. The maximum absolute atomic E-state index is 13.7. The van der Waals surface area contributed by atoms with E-state index in [4.69, 9.17) is 9.47 Å². The standard InChI is InChI=1S/C20H15F3N2O5S/c1-29-13-5-3-4-10(18(13)30-2)8-14-19(27)25(20(28)31-14)9-15(26)24-12-7-6-11(21)16(22)17(12)23/h3-8H,9H2,1-2H3,(H,24,26)/b14-8+. The van der Waals surface area contributed by atoms with E-state index >= 15 is 0 Å². The van der Waals surface area contributed by atoms with Gasteiger partial charge in [-0.25, -0.2) is 13.2 Å². The first-order chi connectivity index (χ1) is 14.8. The van der Waals surface area contributed by atoms with E-state index in [1.165, 1.54) is 20.3 Å². The third-order valence-electron chi connectivity index (χ3n) is 4.20. The van der Waals surface area contributed by atoms with Crippen LogP contribution in [0.25, 0.3) is 6.08 Å². The lowest BCUT2D eigenvalue weighted by atomic mass is 10.1. The normalized spacial score (nSPS) is 14.9. The van der Waals surface area contributed by atoms with Crippen LogP contribution < -0.4 is 14.8 Å². The molecule has 0 spiro atoms. The molecule has 31 heavy (non-hydrogen) atoms. The lowest BCUT2D eigenvalue weighted by Crippen LogP contribution is -2.36. The molecule has 1 aliphatic rings. The lowest BCUT2D eigenvalue weighted by molar-refractivity contribution is -0.127. The average Bonchev–Trinajstić information content (AvgIpc) is 3.01. The van der Waals surface area contributed by atoms with Crippen LogP contribution >= 0.6 is 11.8 Å². The van der Waals surface area contributed by atoms with Gasteiger partial charge in [0.1, 0.15) is 6.54 Å². The monoisotopic (exact) mass is 452 g/mol. The zero-order valence-electron chi connectivity index (χ0n) is 16.2. The molecule has 0 aromatic heterocycles. The van der Waals surface area contributed by atoms with Crippen molar-refractivity contribution in [2.24, 2.45) is 0 Å². The molecule has 11 heteroatoms. The van der Waals surface area contributed by atoms with Gasteiger partial charge in [0, 0.05) is 5.56 Å². The summed E-state index contributed by atoms with van der Waals surface area (Å²) in [6, 6.07) is 6.44. The quantitative estimate of drug-likeness (QED) is 0.530. The molecule has 2 aromatic rings. The van der Waals surface area contributed by atoms with Crippen LogP contribution in [0.5, 0.6) is 11.5 Å². The molecule has 1 aliphatic heterocycles. The molecule has 7 nitrogen and oxygen atoms in total. The fourth-order valence-electron chi connectivity index (χ4n) is 2.76. The highest BCUT2D eigenvalue weighted by Crippen LogP contribution is 2.37. The van der Waals surface area contributed by atoms with E-state index in [0.717, 1.165) is 6.07 Å². The van der Waals surface area contributed by atoms with Gasteiger partial charge in [0.2, 0.25) is 5.91 Å². The smallest absolute Gasteiger partial charge is 0.294 e. The largest absolute Gasteiger partial charge is 0.493 e. The van der Waals surface area contributed by atoms with Gasteiger partial charge in [0.15, 0.2) is 29.0 Å². The first kappa shape index (κ1) is 22.2. The summed E-state index contributed by atoms with van der Waals surface area (Å²) in [6.07, 6.45) is 1.42. The zero-order chi connectivity index (χ0) is 22.7. The molecule has 162 valence electrons. The Balaban J connectivity index is 1.77. The molecule has 0 bridgehead atoms. The summed E-state index contributed by atoms with van der Waals surface area (Å²) in [5.74, 6) is -5.70. The maximum Gasteiger partial charge on any atom is 0.294 e. The Morgan fingerprint density at radius 3 is 2.52 bits per heavy atom. The minimum Gasteiger partial charge on any atom is -0.493 e. The highest BCUT2D eigenvalue weighted by Gasteiger charge is 2.36. The molecule has 0 saturated carbocycles. The first-order valence-electron chi connectivity index (χ1n) is 8.66. The van der Waals surface area contributed by atoms with E-state index in [0.29, 0.717) is 39.8 Å². The highest BCUT2D eigenvalue weighted by molar-refractivity contribution is 8.18. The van der Waals surface area contributed by atoms with Crippen molar-refractivity contribution in [3.63, 3.8) is 0 Å². The number of amides is 3. The second-order valence-corrected chi connectivity index (χ2v) is 7.11. The number of anilines is 1. The Labute approximate surface area is 178 Å². The van der Waals surface area contributed by atoms with E-state index in [2.05, 4.69) is 0 Å². The third-order valence-corrected chi connectivity index (χ3v) is 5.11. The molecule has 3 rings (SSSR count). The molecular weight excluding hydrogens is 437 g/mol. The number of carbonyl (C=O) groups is 3. The predicted octanol–water partition coefficient (Wildman–Crippen LogP) is 3.80. The Morgan fingerprint density at radius 1 is 1.10 bits per heavy atom. The van der Waals surface area contributed by atoms with Gasteiger partial charge in [-0.1, -0.05) is 12.1 Å². The first-order valence-corrected chi connectivity index (χ1v) is 9.48. The highest BCUT2D eigenvalue weighted by atomic mass is 32.2. The van der Waals surface area contributed by atoms with Gasteiger partial charge in [-0.2, -0.15) is 0 Å². The van der Waals surface area contributed by atoms with E-state index < -0.39 is 46.7 Å². The van der Waals surface area contributed by atoms with Gasteiger partial charge in [0.25, 0.3) is 11.1 Å². The third kappa shape index (κ3) is 4.50. The summed E-state index contributed by atoms with van der Waals surface area (Å²) < 4.78 is 50.5. The predicted molar refractivity (Wildman–Crippen MR) is 107 cm³/mol. The Morgan fingerprint density at radius 2 is 1.84 bits per heavy atom. The minimum atomic E-state index is -1.75. The van der Waals surface area contributed by atoms with Gasteiger partial charge in [-0.05, 0) is 36.0 Å². The summed E-state index contributed by atoms with van der Waals surface area (Å²) in [5.41, 5.74) is -0.145. The van der Waals surface area contributed by atoms with Gasteiger partial charge < -0.3 is 14.8 Å². The van der Waals surface area contributed by atoms with Crippen LogP contribution in [-0.2, 0) is 9.59 Å². The fourth-order valence-corrected chi connectivity index (χ4v) is 3.59. The zero-order valence-corrected chi connectivity index (χ0v) is 17.0. The number of ether oxygens (including phenoxy) is 2. The molecular formula is C20H15F3N2O5S. The molecule has 0 unspecified atom stereocenters. The van der Waals surface area contributed by atoms with Crippen LogP contribution in [0.1, 0.15) is 5.56 Å². The van der Waals surface area contributed by atoms with Crippen molar-refractivity contribution in [3.05, 3.63) is 58.3 Å². The molecule has 1 fully saturated rings. The van der Waals surface area contributed by atoms with Crippen LogP contribution in [0.15, 0.2) is 35.2 Å². The van der Waals surface area contributed by atoms with Crippen molar-refractivity contribution < 1.29 is 37.0 Å². The Kier molecular flexibility index (Phi) is 6.54. The number of halogens is 3. The Hall–Kier alpha value is -3.47. The summed E-state index contributed by atoms with van der Waals surface area (Å²) in [7, 11) is 2.87. The molecule has 0 aliphatic carbocycles. The number of para-hydroxylation sites is 1. The Bertz CT molecular complexity index is 1110. The SMILES string of the molecule is COc1cccc(/C=C2/SC(=O)N(CC(=O)Nc3ccc(F)c(F)c3F)C2=O)c1OC. The van der Waals surface area contributed by atoms with Gasteiger partial charge >= 0.3 is 0 Å². The molecule has 1 N–H and O–H groups in total. The number of methoxy groups -OCH3 is 2. The number of benzene rings is 2. The second-order valence-electron chi connectivity index (χ2n) is 6.12. The molecule has 1 saturated heterocycles. The van der Waals surface area contributed by atoms with Crippen molar-refractivity contribution >= 4 is 40.6 Å². The van der Waals surface area contributed by atoms with Crippen LogP contribution in [0, 0.1) is 17.5 Å². The van der Waals surface area contributed by atoms with Crippen molar-refractivity contribution in [1.29, 1.82) is 0 Å². The number of thioether (sulfide) groups is 1. The number of imide groups is 1. The average molecular weight is 452 g/mol. The maximum atomic E-state index is 13.7. The van der Waals surface area contributed by atoms with Crippen LogP contribution in [0.2, 0.25) is 0 Å². The molecule has 1 heterocycles. The van der Waals surface area contributed by atoms with E-state index in [1.807, 2.05) is 5.32 Å². The van der Waals surface area contributed by atoms with Gasteiger partial charge in [-0.3, -0.25) is 19.3 Å². The topological polar surface area (TPSA) is 84.9 Å². The van der Waals surface area contributed by atoms with Crippen molar-refractivity contribution in [1.82, 2.24) is 4.90 Å². The summed E-state index contributed by atoms with van der Waals surface area (Å²) in [6.45, 7) is -0.740. The van der Waals surface area contributed by atoms with Crippen molar-refractivity contribution in [2.75, 3.05) is 26.1 Å². The number of nitrogens with zero attached hydrogens (tertiary/aromatic N) is 1. The molecule has 3 amide bonds. The van der Waals surface area contributed by atoms with E-state index in [-0.39, 0.29) is 4.91 Å². The van der Waals surface area contributed by atoms with E-state index in [1.54, 1.807) is 18.2 Å². The second kappa shape index (κ2) is 9.13. The molecule has 0 radical (unpaired) electrons. The van der Waals surface area contributed by atoms with Crippen molar-refractivity contribution in [3.8, 4) is 11.5 Å². The van der Waals surface area contributed by atoms with Gasteiger partial charge in [-0.15, -0.1) is 0 Å². The lowest BCUT2D eigenvalue weighted by Gasteiger charge is -2.13.